The molecular weight excluding hydrogens is 258 g/mol. The van der Waals surface area contributed by atoms with Crippen LogP contribution < -0.4 is 5.32 Å². The Kier molecular flexibility index (Phi) is 4.70. The second kappa shape index (κ2) is 6.49. The second-order valence-corrected chi connectivity index (χ2v) is 5.37. The number of aromatic nitrogens is 3. The van der Waals surface area contributed by atoms with Crippen LogP contribution in [0.4, 0.5) is 0 Å². The average Bonchev–Trinajstić information content (AvgIpc) is 3.03. The van der Waals surface area contributed by atoms with E-state index in [1.165, 1.54) is 6.33 Å². The number of nitrogens with one attached hydrogen (secondary N) is 2. The summed E-state index contributed by atoms with van der Waals surface area (Å²) in [4.78, 5) is 29.5. The maximum atomic E-state index is 12.0. The van der Waals surface area contributed by atoms with Crippen LogP contribution in [0.1, 0.15) is 32.5 Å². The summed E-state index contributed by atoms with van der Waals surface area (Å²) < 4.78 is 0. The topological polar surface area (TPSA) is 91.0 Å². The van der Waals surface area contributed by atoms with E-state index >= 15 is 0 Å². The number of amides is 2. The normalized spacial score (nSPS) is 18.9. The Hall–Kier alpha value is -1.92. The van der Waals surface area contributed by atoms with Gasteiger partial charge in [-0.1, -0.05) is 0 Å². The maximum Gasteiger partial charge on any atom is 0.225 e. The van der Waals surface area contributed by atoms with E-state index in [1.54, 1.807) is 4.90 Å². The third-order valence-corrected chi connectivity index (χ3v) is 3.51. The van der Waals surface area contributed by atoms with E-state index in [1.807, 2.05) is 13.8 Å². The highest BCUT2D eigenvalue weighted by Gasteiger charge is 2.35. The molecule has 7 nitrogen and oxygen atoms in total. The van der Waals surface area contributed by atoms with Gasteiger partial charge in [0.2, 0.25) is 11.8 Å². The van der Waals surface area contributed by atoms with Gasteiger partial charge < -0.3 is 10.2 Å². The number of nitrogens with zero attached hydrogens (tertiary/aromatic N) is 3. The minimum atomic E-state index is -0.213. The molecule has 1 atom stereocenters. The van der Waals surface area contributed by atoms with E-state index in [2.05, 4.69) is 20.5 Å². The molecule has 1 unspecified atom stereocenters. The molecule has 0 spiro atoms. The van der Waals surface area contributed by atoms with Crippen molar-refractivity contribution in [1.82, 2.24) is 25.4 Å². The van der Waals surface area contributed by atoms with Gasteiger partial charge in [0.15, 0.2) is 0 Å². The largest absolute Gasteiger partial charge is 0.356 e. The molecule has 110 valence electrons. The fourth-order valence-electron chi connectivity index (χ4n) is 2.37. The third-order valence-electron chi connectivity index (χ3n) is 3.51. The highest BCUT2D eigenvalue weighted by molar-refractivity contribution is 5.89. The predicted octanol–water partition coefficient (Wildman–Crippen LogP) is 0.110. The summed E-state index contributed by atoms with van der Waals surface area (Å²) in [7, 11) is 0. The van der Waals surface area contributed by atoms with Crippen molar-refractivity contribution in [3.63, 3.8) is 0 Å². The van der Waals surface area contributed by atoms with Crippen molar-refractivity contribution < 1.29 is 9.59 Å². The molecule has 0 aromatic carbocycles. The first-order chi connectivity index (χ1) is 9.58. The predicted molar refractivity (Wildman–Crippen MR) is 72.7 cm³/mol. The van der Waals surface area contributed by atoms with Gasteiger partial charge in [-0.05, 0) is 20.3 Å². The molecule has 1 saturated heterocycles. The summed E-state index contributed by atoms with van der Waals surface area (Å²) in [5.74, 6) is 0.650. The van der Waals surface area contributed by atoms with Gasteiger partial charge in [-0.2, -0.15) is 5.10 Å². The zero-order chi connectivity index (χ0) is 14.5. The van der Waals surface area contributed by atoms with Crippen LogP contribution in [0.5, 0.6) is 0 Å². The van der Waals surface area contributed by atoms with E-state index in [4.69, 9.17) is 0 Å². The first-order valence-corrected chi connectivity index (χ1v) is 6.99. The zero-order valence-electron chi connectivity index (χ0n) is 11.9. The van der Waals surface area contributed by atoms with Crippen molar-refractivity contribution in [3.05, 3.63) is 12.2 Å². The molecule has 0 saturated carbocycles. The fourth-order valence-corrected chi connectivity index (χ4v) is 2.37. The molecular formula is C13H21N5O2. The first kappa shape index (κ1) is 14.5. The molecule has 7 heteroatoms. The van der Waals surface area contributed by atoms with Crippen molar-refractivity contribution >= 4 is 11.8 Å². The maximum absolute atomic E-state index is 12.0. The number of H-pyrrole nitrogens is 1. The highest BCUT2D eigenvalue weighted by atomic mass is 16.2. The second-order valence-electron chi connectivity index (χ2n) is 5.37. The highest BCUT2D eigenvalue weighted by Crippen LogP contribution is 2.20. The van der Waals surface area contributed by atoms with Crippen LogP contribution in [-0.2, 0) is 16.0 Å². The summed E-state index contributed by atoms with van der Waals surface area (Å²) in [6.07, 6.45) is 3.35. The molecule has 0 bridgehead atoms. The smallest absolute Gasteiger partial charge is 0.225 e. The first-order valence-electron chi connectivity index (χ1n) is 6.99. The van der Waals surface area contributed by atoms with Gasteiger partial charge in [0.05, 0.1) is 5.92 Å². The monoisotopic (exact) mass is 279 g/mol. The molecule has 2 N–H and O–H groups in total. The van der Waals surface area contributed by atoms with E-state index in [-0.39, 0.29) is 23.8 Å². The molecule has 2 heterocycles. The minimum Gasteiger partial charge on any atom is -0.356 e. The lowest BCUT2D eigenvalue weighted by Crippen LogP contribution is -2.35. The standard InChI is InChI=1S/C13H21N5O2/c1-9(2)18-7-10(6-12(18)19)13(20)14-5-3-4-11-15-8-16-17-11/h8-10H,3-7H2,1-2H3,(H,14,20)(H,15,16,17). The lowest BCUT2D eigenvalue weighted by molar-refractivity contribution is -0.129. The molecule has 1 aliphatic heterocycles. The van der Waals surface area contributed by atoms with Crippen LogP contribution in [0, 0.1) is 5.92 Å². The van der Waals surface area contributed by atoms with E-state index < -0.39 is 0 Å². The van der Waals surface area contributed by atoms with Gasteiger partial charge >= 0.3 is 0 Å². The van der Waals surface area contributed by atoms with Crippen LogP contribution in [0.3, 0.4) is 0 Å². The molecule has 20 heavy (non-hydrogen) atoms. The SMILES string of the molecule is CC(C)N1CC(C(=O)NCCCc2ncn[nH]2)CC1=O. The van der Waals surface area contributed by atoms with Crippen molar-refractivity contribution in [2.75, 3.05) is 13.1 Å². The molecule has 2 rings (SSSR count). The van der Waals surface area contributed by atoms with Crippen LogP contribution in [0.15, 0.2) is 6.33 Å². The summed E-state index contributed by atoms with van der Waals surface area (Å²) in [6, 6.07) is 0.159. The number of rotatable bonds is 6. The van der Waals surface area contributed by atoms with Gasteiger partial charge in [0.1, 0.15) is 12.2 Å². The third kappa shape index (κ3) is 3.55. The Labute approximate surface area is 118 Å². The number of aromatic amines is 1. The minimum absolute atomic E-state index is 0.0286. The Morgan fingerprint density at radius 1 is 1.60 bits per heavy atom. The van der Waals surface area contributed by atoms with E-state index in [0.29, 0.717) is 19.5 Å². The van der Waals surface area contributed by atoms with Crippen molar-refractivity contribution in [2.45, 2.75) is 39.2 Å². The average molecular weight is 279 g/mol. The quantitative estimate of drug-likeness (QED) is 0.723. The number of likely N-dealkylation sites (tertiary alicyclic amines) is 1. The summed E-state index contributed by atoms with van der Waals surface area (Å²) in [5, 5.41) is 9.43. The molecule has 1 aliphatic rings. The van der Waals surface area contributed by atoms with Gasteiger partial charge in [-0.25, -0.2) is 4.98 Å². The Morgan fingerprint density at radius 3 is 3.00 bits per heavy atom. The summed E-state index contributed by atoms with van der Waals surface area (Å²) >= 11 is 0. The van der Waals surface area contributed by atoms with Crippen LogP contribution in [0.2, 0.25) is 0 Å². The number of hydrogen-bond acceptors (Lipinski definition) is 4. The van der Waals surface area contributed by atoms with Crippen molar-refractivity contribution in [1.29, 1.82) is 0 Å². The molecule has 0 aliphatic carbocycles. The number of hydrogen-bond donors (Lipinski definition) is 2. The Bertz CT molecular complexity index is 457. The van der Waals surface area contributed by atoms with Crippen LogP contribution >= 0.6 is 0 Å². The number of carbonyl (C=O) groups is 2. The lowest BCUT2D eigenvalue weighted by Gasteiger charge is -2.20. The molecule has 2 amide bonds. The Morgan fingerprint density at radius 2 is 2.40 bits per heavy atom. The van der Waals surface area contributed by atoms with Crippen LogP contribution in [-0.4, -0.2) is 51.0 Å². The van der Waals surface area contributed by atoms with Crippen molar-refractivity contribution in [2.24, 2.45) is 5.92 Å². The molecule has 0 radical (unpaired) electrons. The molecule has 1 fully saturated rings. The van der Waals surface area contributed by atoms with Gasteiger partial charge in [-0.3, -0.25) is 14.7 Å². The van der Waals surface area contributed by atoms with Gasteiger partial charge in [0.25, 0.3) is 0 Å². The number of carbonyl (C=O) groups excluding carboxylic acids is 2. The lowest BCUT2D eigenvalue weighted by atomic mass is 10.1. The number of aryl methyl sites for hydroxylation is 1. The van der Waals surface area contributed by atoms with E-state index in [0.717, 1.165) is 18.7 Å². The Balaban J connectivity index is 1.69. The fraction of sp³-hybridized carbons (Fsp3) is 0.692. The molecule has 1 aromatic rings. The zero-order valence-corrected chi connectivity index (χ0v) is 11.9. The summed E-state index contributed by atoms with van der Waals surface area (Å²) in [5.41, 5.74) is 0. The van der Waals surface area contributed by atoms with E-state index in [9.17, 15) is 9.59 Å². The van der Waals surface area contributed by atoms with Crippen molar-refractivity contribution in [3.8, 4) is 0 Å². The summed E-state index contributed by atoms with van der Waals surface area (Å²) in [6.45, 7) is 5.06. The molecule has 1 aromatic heterocycles. The van der Waals surface area contributed by atoms with Gasteiger partial charge in [0, 0.05) is 32.0 Å². The van der Waals surface area contributed by atoms with Crippen LogP contribution in [0.25, 0.3) is 0 Å². The van der Waals surface area contributed by atoms with Gasteiger partial charge in [-0.15, -0.1) is 0 Å².